The summed E-state index contributed by atoms with van der Waals surface area (Å²) in [6, 6.07) is 0.256. The normalized spacial score (nSPS) is 34.3. The van der Waals surface area contributed by atoms with Crippen molar-refractivity contribution < 1.29 is 14.6 Å². The summed E-state index contributed by atoms with van der Waals surface area (Å²) >= 11 is 0. The Kier molecular flexibility index (Phi) is 3.08. The average molecular weight is 242 g/mol. The van der Waals surface area contributed by atoms with Crippen LogP contribution in [0.5, 0.6) is 0 Å². The third kappa shape index (κ3) is 2.02. The predicted octanol–water partition coefficient (Wildman–Crippen LogP) is 1.14. The maximum absolute atomic E-state index is 11.1. The van der Waals surface area contributed by atoms with Crippen molar-refractivity contribution in [3.05, 3.63) is 0 Å². The second-order valence-electron chi connectivity index (χ2n) is 5.99. The second-order valence-corrected chi connectivity index (χ2v) is 5.99. The number of fused-ring (bicyclic) bond motifs is 1. The number of morpholine rings is 1. The van der Waals surface area contributed by atoms with E-state index in [-0.39, 0.29) is 11.5 Å². The van der Waals surface area contributed by atoms with Gasteiger partial charge in [0.05, 0.1) is 13.2 Å². The first-order valence-corrected chi connectivity index (χ1v) is 6.22. The number of nitrogens with one attached hydrogen (secondary N) is 1. The lowest BCUT2D eigenvalue weighted by molar-refractivity contribution is -0.183. The molecule has 1 amide bonds. The van der Waals surface area contributed by atoms with Crippen molar-refractivity contribution in [1.82, 2.24) is 10.2 Å². The lowest BCUT2D eigenvalue weighted by Gasteiger charge is -2.56. The molecule has 2 aliphatic rings. The molecule has 0 bridgehead atoms. The molecule has 0 radical (unpaired) electrons. The largest absolute Gasteiger partial charge is 0.465 e. The highest BCUT2D eigenvalue weighted by Gasteiger charge is 2.54. The van der Waals surface area contributed by atoms with E-state index in [1.54, 1.807) is 0 Å². The second kappa shape index (κ2) is 4.14. The van der Waals surface area contributed by atoms with Crippen molar-refractivity contribution in [3.8, 4) is 0 Å². The van der Waals surface area contributed by atoms with Gasteiger partial charge in [0.2, 0.25) is 0 Å². The summed E-state index contributed by atoms with van der Waals surface area (Å²) < 4.78 is 6.05. The summed E-state index contributed by atoms with van der Waals surface area (Å²) in [4.78, 5) is 12.6. The van der Waals surface area contributed by atoms with Crippen molar-refractivity contribution in [1.29, 1.82) is 0 Å². The third-order valence-electron chi connectivity index (χ3n) is 4.07. The van der Waals surface area contributed by atoms with Crippen LogP contribution in [0.3, 0.4) is 0 Å². The first-order valence-electron chi connectivity index (χ1n) is 6.22. The van der Waals surface area contributed by atoms with Crippen molar-refractivity contribution >= 4 is 6.09 Å². The van der Waals surface area contributed by atoms with Crippen LogP contribution in [0, 0.1) is 5.41 Å². The van der Waals surface area contributed by atoms with E-state index in [1.165, 1.54) is 4.90 Å². The highest BCUT2D eigenvalue weighted by atomic mass is 16.5. The van der Waals surface area contributed by atoms with Gasteiger partial charge in [-0.3, -0.25) is 0 Å². The van der Waals surface area contributed by atoms with E-state index in [1.807, 2.05) is 0 Å². The Hall–Kier alpha value is -0.810. The number of rotatable bonds is 0. The average Bonchev–Trinajstić information content (AvgIpc) is 2.26. The molecular weight excluding hydrogens is 220 g/mol. The smallest absolute Gasteiger partial charge is 0.407 e. The van der Waals surface area contributed by atoms with Crippen molar-refractivity contribution in [2.75, 3.05) is 26.2 Å². The van der Waals surface area contributed by atoms with Gasteiger partial charge in [-0.25, -0.2) is 4.79 Å². The Balaban J connectivity index is 2.28. The van der Waals surface area contributed by atoms with Crippen LogP contribution >= 0.6 is 0 Å². The van der Waals surface area contributed by atoms with Gasteiger partial charge in [-0.2, -0.15) is 0 Å². The molecule has 5 nitrogen and oxygen atoms in total. The Bertz CT molecular complexity index is 313. The van der Waals surface area contributed by atoms with Gasteiger partial charge < -0.3 is 20.1 Å². The highest BCUT2D eigenvalue weighted by Crippen LogP contribution is 2.42. The molecule has 2 N–H and O–H groups in total. The Labute approximate surface area is 102 Å². The zero-order valence-corrected chi connectivity index (χ0v) is 10.8. The molecule has 0 spiro atoms. The minimum atomic E-state index is -0.846. The van der Waals surface area contributed by atoms with Crippen molar-refractivity contribution in [2.24, 2.45) is 5.41 Å². The first-order chi connectivity index (χ1) is 7.87. The van der Waals surface area contributed by atoms with Crippen LogP contribution in [-0.2, 0) is 4.74 Å². The molecular formula is C12H22N2O3. The maximum Gasteiger partial charge on any atom is 0.407 e. The van der Waals surface area contributed by atoms with Crippen LogP contribution < -0.4 is 5.32 Å². The quantitative estimate of drug-likeness (QED) is 0.669. The number of piperidine rings is 1. The Morgan fingerprint density at radius 1 is 1.53 bits per heavy atom. The summed E-state index contributed by atoms with van der Waals surface area (Å²) in [5.74, 6) is 0. The number of likely N-dealkylation sites (tertiary alicyclic amines) is 1. The van der Waals surface area contributed by atoms with Crippen LogP contribution in [-0.4, -0.2) is 54.0 Å². The fourth-order valence-electron chi connectivity index (χ4n) is 3.01. The molecule has 0 aromatic rings. The minimum absolute atomic E-state index is 0.0841. The van der Waals surface area contributed by atoms with Gasteiger partial charge in [0.25, 0.3) is 0 Å². The molecule has 17 heavy (non-hydrogen) atoms. The maximum atomic E-state index is 11.1. The standard InChI is InChI=1S/C12H22N2O3/c1-11(2,3)12-8-14(10(15)16)6-4-9(12)13-5-7-17-12/h9,13H,4-8H2,1-3H3,(H,15,16)/t9-,12+/m0/s1. The van der Waals surface area contributed by atoms with Gasteiger partial charge in [0.15, 0.2) is 0 Å². The molecule has 2 fully saturated rings. The summed E-state index contributed by atoms with van der Waals surface area (Å²) in [5, 5.41) is 12.6. The van der Waals surface area contributed by atoms with E-state index in [4.69, 9.17) is 9.84 Å². The molecule has 5 heteroatoms. The molecule has 2 saturated heterocycles. The van der Waals surface area contributed by atoms with Crippen molar-refractivity contribution in [2.45, 2.75) is 38.8 Å². The number of carboxylic acid groups (broad SMARTS) is 1. The van der Waals surface area contributed by atoms with E-state index < -0.39 is 11.7 Å². The molecule has 2 rings (SSSR count). The number of nitrogens with zero attached hydrogens (tertiary/aromatic N) is 1. The fourth-order valence-corrected chi connectivity index (χ4v) is 3.01. The van der Waals surface area contributed by atoms with Gasteiger partial charge in [0.1, 0.15) is 5.60 Å². The van der Waals surface area contributed by atoms with Gasteiger partial charge in [0, 0.05) is 19.1 Å². The molecule has 0 aromatic carbocycles. The van der Waals surface area contributed by atoms with E-state index >= 15 is 0 Å². The molecule has 2 atom stereocenters. The Morgan fingerprint density at radius 2 is 2.24 bits per heavy atom. The molecule has 2 aliphatic heterocycles. The van der Waals surface area contributed by atoms with Gasteiger partial charge >= 0.3 is 6.09 Å². The zero-order chi connectivity index (χ0) is 12.7. The van der Waals surface area contributed by atoms with E-state index in [2.05, 4.69) is 26.1 Å². The number of ether oxygens (including phenoxy) is 1. The first kappa shape index (κ1) is 12.6. The fraction of sp³-hybridized carbons (Fsp3) is 0.917. The molecule has 98 valence electrons. The van der Waals surface area contributed by atoms with Gasteiger partial charge in [-0.05, 0) is 11.8 Å². The van der Waals surface area contributed by atoms with Crippen LogP contribution in [0.2, 0.25) is 0 Å². The topological polar surface area (TPSA) is 61.8 Å². The summed E-state index contributed by atoms with van der Waals surface area (Å²) in [6.07, 6.45) is -0.0231. The van der Waals surface area contributed by atoms with E-state index in [0.717, 1.165) is 13.0 Å². The minimum Gasteiger partial charge on any atom is -0.465 e. The van der Waals surface area contributed by atoms with E-state index in [9.17, 15) is 4.79 Å². The zero-order valence-electron chi connectivity index (χ0n) is 10.8. The van der Waals surface area contributed by atoms with Crippen LogP contribution in [0.4, 0.5) is 4.79 Å². The lowest BCUT2D eigenvalue weighted by atomic mass is 9.68. The predicted molar refractivity (Wildman–Crippen MR) is 64.1 cm³/mol. The SMILES string of the molecule is CC(C)(C)[C@@]12CN(C(=O)O)CC[C@@H]1NCCO2. The lowest BCUT2D eigenvalue weighted by Crippen LogP contribution is -2.71. The highest BCUT2D eigenvalue weighted by molar-refractivity contribution is 5.65. The summed E-state index contributed by atoms with van der Waals surface area (Å²) in [5.41, 5.74) is -0.485. The molecule has 0 aromatic heterocycles. The summed E-state index contributed by atoms with van der Waals surface area (Å²) in [7, 11) is 0. The Morgan fingerprint density at radius 3 is 2.82 bits per heavy atom. The van der Waals surface area contributed by atoms with Crippen LogP contribution in [0.1, 0.15) is 27.2 Å². The molecule has 2 heterocycles. The monoisotopic (exact) mass is 242 g/mol. The number of carbonyl (C=O) groups is 1. The molecule has 0 aliphatic carbocycles. The number of amides is 1. The molecule has 0 unspecified atom stereocenters. The van der Waals surface area contributed by atoms with Gasteiger partial charge in [-0.15, -0.1) is 0 Å². The number of hydrogen-bond donors (Lipinski definition) is 2. The summed E-state index contributed by atoms with van der Waals surface area (Å²) in [6.45, 7) is 8.93. The third-order valence-corrected chi connectivity index (χ3v) is 4.07. The number of hydrogen-bond acceptors (Lipinski definition) is 3. The van der Waals surface area contributed by atoms with Crippen LogP contribution in [0.25, 0.3) is 0 Å². The van der Waals surface area contributed by atoms with Crippen molar-refractivity contribution in [3.63, 3.8) is 0 Å². The molecule has 0 saturated carbocycles. The van der Waals surface area contributed by atoms with Crippen LogP contribution in [0.15, 0.2) is 0 Å². The van der Waals surface area contributed by atoms with Gasteiger partial charge in [-0.1, -0.05) is 20.8 Å². The van der Waals surface area contributed by atoms with E-state index in [0.29, 0.717) is 19.7 Å².